The van der Waals surface area contributed by atoms with Gasteiger partial charge < -0.3 is 4.98 Å². The van der Waals surface area contributed by atoms with Crippen LogP contribution >= 0.6 is 32.9 Å². The summed E-state index contributed by atoms with van der Waals surface area (Å²) in [6.45, 7) is 0. The highest BCUT2D eigenvalue weighted by Gasteiger charge is 2.34. The van der Waals surface area contributed by atoms with Crippen molar-refractivity contribution in [3.63, 3.8) is 0 Å². The normalized spacial score (nSPS) is 10.9. The minimum atomic E-state index is -4.35. The summed E-state index contributed by atoms with van der Waals surface area (Å²) in [4.78, 5) is 5.29. The highest BCUT2D eigenvalue weighted by Crippen LogP contribution is 2.31. The van der Waals surface area contributed by atoms with Crippen LogP contribution in [-0.2, 0) is 6.18 Å². The van der Waals surface area contributed by atoms with E-state index in [2.05, 4.69) is 20.9 Å². The molecule has 0 aromatic carbocycles. The zero-order valence-electron chi connectivity index (χ0n) is 4.94. The predicted molar refractivity (Wildman–Crippen MR) is 41.6 cm³/mol. The molecule has 1 aromatic heterocycles. The maximum Gasteiger partial charge on any atom is 0.433 e. The first-order valence-electron chi connectivity index (χ1n) is 2.28. The second-order valence-electron chi connectivity index (χ2n) is 1.57. The van der Waals surface area contributed by atoms with Crippen LogP contribution in [0.15, 0.2) is 10.9 Å². The zero-order valence-corrected chi connectivity index (χ0v) is 8.24. The van der Waals surface area contributed by atoms with Crippen molar-refractivity contribution in [1.82, 2.24) is 9.97 Å². The van der Waals surface area contributed by atoms with E-state index in [0.29, 0.717) is 0 Å². The van der Waals surface area contributed by atoms with Gasteiger partial charge in [-0.25, -0.2) is 4.98 Å². The summed E-state index contributed by atoms with van der Waals surface area (Å²) in [7, 11) is 0. The number of H-pyrrole nitrogens is 1. The van der Waals surface area contributed by atoms with Gasteiger partial charge in [0.15, 0.2) is 5.69 Å². The lowest BCUT2D eigenvalue weighted by molar-refractivity contribution is -0.141. The summed E-state index contributed by atoms with van der Waals surface area (Å²) in [5.41, 5.74) is -0.854. The topological polar surface area (TPSA) is 28.7 Å². The molecule has 7 heteroatoms. The fraction of sp³-hybridized carbons (Fsp3) is 0.250. The summed E-state index contributed by atoms with van der Waals surface area (Å²) in [5.74, 6) is 0. The van der Waals surface area contributed by atoms with Gasteiger partial charge in [0, 0.05) is 0 Å². The Kier molecular flexibility index (Phi) is 3.56. The van der Waals surface area contributed by atoms with Crippen LogP contribution in [0.25, 0.3) is 0 Å². The highest BCUT2D eigenvalue weighted by molar-refractivity contribution is 9.10. The summed E-state index contributed by atoms with van der Waals surface area (Å²) in [6.07, 6.45) is -3.37. The van der Waals surface area contributed by atoms with Crippen LogP contribution in [-0.4, -0.2) is 9.97 Å². The molecule has 0 bridgehead atoms. The first kappa shape index (κ1) is 11.0. The van der Waals surface area contributed by atoms with Gasteiger partial charge in [-0.2, -0.15) is 13.2 Å². The first-order chi connectivity index (χ1) is 4.52. The fourth-order valence-corrected chi connectivity index (χ4v) is 0.918. The Morgan fingerprint density at radius 3 is 2.18 bits per heavy atom. The van der Waals surface area contributed by atoms with Crippen molar-refractivity contribution in [3.8, 4) is 0 Å². The summed E-state index contributed by atoms with van der Waals surface area (Å²) < 4.78 is 35.1. The quantitative estimate of drug-likeness (QED) is 0.783. The van der Waals surface area contributed by atoms with Crippen LogP contribution in [0.4, 0.5) is 13.2 Å². The molecule has 2 nitrogen and oxygen atoms in total. The molecule has 1 aromatic rings. The molecule has 0 unspecified atom stereocenters. The van der Waals surface area contributed by atoms with E-state index in [1.54, 1.807) is 0 Å². The fourth-order valence-electron chi connectivity index (χ4n) is 0.476. The molecule has 1 N–H and O–H groups in total. The number of nitrogens with one attached hydrogen (secondary N) is 1. The van der Waals surface area contributed by atoms with E-state index in [-0.39, 0.29) is 21.6 Å². The van der Waals surface area contributed by atoms with E-state index in [1.165, 1.54) is 0 Å². The van der Waals surface area contributed by atoms with Crippen molar-refractivity contribution in [2.45, 2.75) is 6.18 Å². The molecular weight excluding hydrogens is 293 g/mol. The van der Waals surface area contributed by atoms with E-state index < -0.39 is 11.9 Å². The number of imidazole rings is 1. The van der Waals surface area contributed by atoms with Gasteiger partial charge in [-0.15, -0.1) is 17.0 Å². The standard InChI is InChI=1S/C4H2BrF3N2.BrH/c5-3-2(4(6,7)8)9-1-10-3;/h1H,(H,9,10);1H. The number of aromatic nitrogens is 2. The van der Waals surface area contributed by atoms with E-state index in [4.69, 9.17) is 0 Å². The molecule has 1 heterocycles. The molecule has 64 valence electrons. The maximum absolute atomic E-state index is 11.8. The number of alkyl halides is 3. The molecule has 0 saturated heterocycles. The summed E-state index contributed by atoms with van der Waals surface area (Å²) >= 11 is 2.64. The Morgan fingerprint density at radius 1 is 1.45 bits per heavy atom. The number of aromatic amines is 1. The van der Waals surface area contributed by atoms with Crippen LogP contribution in [0.2, 0.25) is 0 Å². The minimum Gasteiger partial charge on any atom is -0.340 e. The Balaban J connectivity index is 0.000001000. The molecule has 11 heavy (non-hydrogen) atoms. The van der Waals surface area contributed by atoms with Gasteiger partial charge in [0.1, 0.15) is 4.60 Å². The third-order valence-electron chi connectivity index (χ3n) is 0.877. The van der Waals surface area contributed by atoms with Gasteiger partial charge in [-0.3, -0.25) is 0 Å². The number of halogens is 5. The number of hydrogen-bond acceptors (Lipinski definition) is 1. The average molecular weight is 296 g/mol. The Morgan fingerprint density at radius 2 is 2.00 bits per heavy atom. The number of rotatable bonds is 0. The smallest absolute Gasteiger partial charge is 0.340 e. The summed E-state index contributed by atoms with van der Waals surface area (Å²) in [6, 6.07) is 0. The van der Waals surface area contributed by atoms with Gasteiger partial charge in [0.05, 0.1) is 6.33 Å². The highest BCUT2D eigenvalue weighted by atomic mass is 79.9. The first-order valence-corrected chi connectivity index (χ1v) is 3.07. The zero-order chi connectivity index (χ0) is 7.78. The number of hydrogen-bond donors (Lipinski definition) is 1. The van der Waals surface area contributed by atoms with Crippen LogP contribution in [0.5, 0.6) is 0 Å². The molecule has 0 spiro atoms. The SMILES string of the molecule is Br.FC(F)(F)c1[nH]cnc1Br. The predicted octanol–water partition coefficient (Wildman–Crippen LogP) is 2.77. The second-order valence-corrected chi connectivity index (χ2v) is 2.32. The monoisotopic (exact) mass is 294 g/mol. The Labute approximate surface area is 79.1 Å². The Bertz CT molecular complexity index is 231. The van der Waals surface area contributed by atoms with Gasteiger partial charge in [-0.1, -0.05) is 0 Å². The largest absolute Gasteiger partial charge is 0.433 e. The van der Waals surface area contributed by atoms with Gasteiger partial charge in [0.25, 0.3) is 0 Å². The lowest BCUT2D eigenvalue weighted by Gasteiger charge is -2.01. The average Bonchev–Trinajstić information content (AvgIpc) is 2.11. The molecule has 0 amide bonds. The van der Waals surface area contributed by atoms with Crippen molar-refractivity contribution in [2.75, 3.05) is 0 Å². The van der Waals surface area contributed by atoms with Crippen LogP contribution < -0.4 is 0 Å². The molecule has 0 aliphatic heterocycles. The van der Waals surface area contributed by atoms with Gasteiger partial charge in [0.2, 0.25) is 0 Å². The second kappa shape index (κ2) is 3.57. The molecule has 0 aliphatic rings. The third-order valence-corrected chi connectivity index (χ3v) is 1.48. The Hall–Kier alpha value is -0.0400. The van der Waals surface area contributed by atoms with E-state index >= 15 is 0 Å². The lowest BCUT2D eigenvalue weighted by Crippen LogP contribution is -2.05. The van der Waals surface area contributed by atoms with Crippen LogP contribution in [0.1, 0.15) is 5.69 Å². The molecule has 0 aliphatic carbocycles. The van der Waals surface area contributed by atoms with Crippen LogP contribution in [0, 0.1) is 0 Å². The molecule has 0 fully saturated rings. The molecule has 0 radical (unpaired) electrons. The lowest BCUT2D eigenvalue weighted by atomic mass is 10.5. The molecule has 0 saturated carbocycles. The van der Waals surface area contributed by atoms with E-state index in [0.717, 1.165) is 6.33 Å². The van der Waals surface area contributed by atoms with Crippen molar-refractivity contribution in [1.29, 1.82) is 0 Å². The van der Waals surface area contributed by atoms with Gasteiger partial charge in [-0.05, 0) is 15.9 Å². The van der Waals surface area contributed by atoms with Crippen molar-refractivity contribution >= 4 is 32.9 Å². The van der Waals surface area contributed by atoms with E-state index in [1.807, 2.05) is 4.98 Å². The van der Waals surface area contributed by atoms with Crippen molar-refractivity contribution in [3.05, 3.63) is 16.6 Å². The van der Waals surface area contributed by atoms with Crippen LogP contribution in [0.3, 0.4) is 0 Å². The van der Waals surface area contributed by atoms with E-state index in [9.17, 15) is 13.2 Å². The summed E-state index contributed by atoms with van der Waals surface area (Å²) in [5, 5.41) is 0. The molecule has 1 rings (SSSR count). The minimum absolute atomic E-state index is 0. The molecule has 0 atom stereocenters. The third kappa shape index (κ3) is 2.48. The van der Waals surface area contributed by atoms with Gasteiger partial charge >= 0.3 is 6.18 Å². The van der Waals surface area contributed by atoms with Crippen molar-refractivity contribution < 1.29 is 13.2 Å². The van der Waals surface area contributed by atoms with Crippen molar-refractivity contribution in [2.24, 2.45) is 0 Å². The molecular formula is C4H3Br2F3N2. The number of nitrogens with zero attached hydrogens (tertiary/aromatic N) is 1. The maximum atomic E-state index is 11.8.